The summed E-state index contributed by atoms with van der Waals surface area (Å²) < 4.78 is 16.3. The summed E-state index contributed by atoms with van der Waals surface area (Å²) in [5, 5.41) is 12.9. The highest BCUT2D eigenvalue weighted by atomic mass is 16.5. The van der Waals surface area contributed by atoms with Gasteiger partial charge in [-0.05, 0) is 59.7 Å². The highest BCUT2D eigenvalue weighted by molar-refractivity contribution is 6.02. The molecule has 0 saturated heterocycles. The summed E-state index contributed by atoms with van der Waals surface area (Å²) in [5.74, 6) is 1.17. The molecule has 0 bridgehead atoms. The van der Waals surface area contributed by atoms with Gasteiger partial charge in [0.15, 0.2) is 5.76 Å². The van der Waals surface area contributed by atoms with Crippen molar-refractivity contribution in [1.82, 2.24) is 0 Å². The van der Waals surface area contributed by atoms with Gasteiger partial charge in [0, 0.05) is 5.69 Å². The van der Waals surface area contributed by atoms with E-state index in [-0.39, 0.29) is 24.9 Å². The summed E-state index contributed by atoms with van der Waals surface area (Å²) in [6, 6.07) is 27.9. The highest BCUT2D eigenvalue weighted by Gasteiger charge is 2.10. The van der Waals surface area contributed by atoms with Crippen molar-refractivity contribution in [3.05, 3.63) is 103 Å². The average molecular weight is 429 g/mol. The summed E-state index contributed by atoms with van der Waals surface area (Å²) >= 11 is 0. The molecule has 0 spiro atoms. The van der Waals surface area contributed by atoms with Gasteiger partial charge in [-0.3, -0.25) is 4.79 Å². The van der Waals surface area contributed by atoms with E-state index in [0.29, 0.717) is 17.2 Å². The SMILES string of the molecule is O=C(Nc1ccc(OCC(O)COc2ccc(-c3ccccc3)cc2)cc1)c1ccco1. The molecule has 0 aliphatic carbocycles. The van der Waals surface area contributed by atoms with Crippen LogP contribution in [0.2, 0.25) is 0 Å². The van der Waals surface area contributed by atoms with E-state index in [1.54, 1.807) is 36.4 Å². The number of hydrogen-bond donors (Lipinski definition) is 2. The Bertz CT molecular complexity index is 1110. The molecular formula is C26H23NO5. The maximum absolute atomic E-state index is 12.0. The fourth-order valence-electron chi connectivity index (χ4n) is 3.04. The normalized spacial score (nSPS) is 11.5. The lowest BCUT2D eigenvalue weighted by atomic mass is 10.1. The van der Waals surface area contributed by atoms with Crippen LogP contribution in [-0.4, -0.2) is 30.3 Å². The van der Waals surface area contributed by atoms with Crippen LogP contribution in [0.5, 0.6) is 11.5 Å². The van der Waals surface area contributed by atoms with Crippen LogP contribution in [0.1, 0.15) is 10.6 Å². The second-order valence-corrected chi connectivity index (χ2v) is 7.12. The standard InChI is InChI=1S/C26H23NO5/c28-22(17-31-23-12-8-20(9-13-23)19-5-2-1-3-6-19)18-32-24-14-10-21(11-15-24)27-26(29)25-7-4-16-30-25/h1-16,22,28H,17-18H2,(H,27,29). The molecule has 0 saturated carbocycles. The fourth-order valence-corrected chi connectivity index (χ4v) is 3.04. The molecule has 1 heterocycles. The zero-order chi connectivity index (χ0) is 22.2. The number of furan rings is 1. The van der Waals surface area contributed by atoms with Crippen LogP contribution in [0.25, 0.3) is 11.1 Å². The van der Waals surface area contributed by atoms with Crippen molar-refractivity contribution in [2.75, 3.05) is 18.5 Å². The quantitative estimate of drug-likeness (QED) is 0.391. The topological polar surface area (TPSA) is 80.9 Å². The lowest BCUT2D eigenvalue weighted by Gasteiger charge is -2.14. The van der Waals surface area contributed by atoms with Gasteiger partial charge in [0.05, 0.1) is 6.26 Å². The molecule has 6 heteroatoms. The zero-order valence-corrected chi connectivity index (χ0v) is 17.3. The molecular weight excluding hydrogens is 406 g/mol. The van der Waals surface area contributed by atoms with Crippen molar-refractivity contribution >= 4 is 11.6 Å². The molecule has 0 fully saturated rings. The summed E-state index contributed by atoms with van der Waals surface area (Å²) in [5.41, 5.74) is 2.85. The molecule has 1 atom stereocenters. The Balaban J connectivity index is 1.21. The Morgan fingerprint density at radius 1 is 0.781 bits per heavy atom. The van der Waals surface area contributed by atoms with Crippen LogP contribution in [0.4, 0.5) is 5.69 Å². The Kier molecular flexibility index (Phi) is 6.84. The maximum atomic E-state index is 12.0. The lowest BCUT2D eigenvalue weighted by Crippen LogP contribution is -2.25. The third kappa shape index (κ3) is 5.77. The highest BCUT2D eigenvalue weighted by Crippen LogP contribution is 2.22. The average Bonchev–Trinajstić information content (AvgIpc) is 3.39. The van der Waals surface area contributed by atoms with E-state index in [4.69, 9.17) is 13.9 Å². The number of aliphatic hydroxyl groups excluding tert-OH is 1. The van der Waals surface area contributed by atoms with Crippen molar-refractivity contribution < 1.29 is 23.8 Å². The molecule has 1 amide bonds. The van der Waals surface area contributed by atoms with Gasteiger partial charge in [-0.25, -0.2) is 0 Å². The van der Waals surface area contributed by atoms with Crippen molar-refractivity contribution in [2.24, 2.45) is 0 Å². The van der Waals surface area contributed by atoms with Crippen molar-refractivity contribution in [1.29, 1.82) is 0 Å². The number of nitrogens with one attached hydrogen (secondary N) is 1. The van der Waals surface area contributed by atoms with E-state index in [2.05, 4.69) is 17.4 Å². The first kappa shape index (κ1) is 21.2. The summed E-state index contributed by atoms with van der Waals surface area (Å²) in [6.07, 6.45) is 0.655. The van der Waals surface area contributed by atoms with E-state index < -0.39 is 6.10 Å². The number of aliphatic hydroxyl groups is 1. The number of benzene rings is 3. The molecule has 0 radical (unpaired) electrons. The van der Waals surface area contributed by atoms with Gasteiger partial charge >= 0.3 is 0 Å². The van der Waals surface area contributed by atoms with Crippen LogP contribution in [0.15, 0.2) is 102 Å². The van der Waals surface area contributed by atoms with E-state index in [1.807, 2.05) is 42.5 Å². The van der Waals surface area contributed by atoms with Crippen molar-refractivity contribution in [2.45, 2.75) is 6.10 Å². The van der Waals surface area contributed by atoms with Crippen molar-refractivity contribution in [3.63, 3.8) is 0 Å². The van der Waals surface area contributed by atoms with Crippen LogP contribution in [0, 0.1) is 0 Å². The first-order valence-electron chi connectivity index (χ1n) is 10.2. The Labute approximate surface area is 186 Å². The first-order valence-corrected chi connectivity index (χ1v) is 10.2. The number of amides is 1. The van der Waals surface area contributed by atoms with Crippen LogP contribution in [-0.2, 0) is 0 Å². The molecule has 0 aliphatic heterocycles. The minimum Gasteiger partial charge on any atom is -0.491 e. The number of ether oxygens (including phenoxy) is 2. The molecule has 0 aliphatic rings. The molecule has 4 aromatic rings. The molecule has 3 aromatic carbocycles. The smallest absolute Gasteiger partial charge is 0.291 e. The van der Waals surface area contributed by atoms with Crippen LogP contribution < -0.4 is 14.8 Å². The predicted octanol–water partition coefficient (Wildman–Crippen LogP) is 5.02. The molecule has 2 N–H and O–H groups in total. The van der Waals surface area contributed by atoms with Gasteiger partial charge in [0.2, 0.25) is 0 Å². The van der Waals surface area contributed by atoms with E-state index in [9.17, 15) is 9.90 Å². The van der Waals surface area contributed by atoms with E-state index in [1.165, 1.54) is 6.26 Å². The minimum atomic E-state index is -0.790. The molecule has 4 rings (SSSR count). The molecule has 1 aromatic heterocycles. The van der Waals surface area contributed by atoms with Crippen molar-refractivity contribution in [3.8, 4) is 22.6 Å². The fraction of sp³-hybridized carbons (Fsp3) is 0.115. The first-order chi connectivity index (χ1) is 15.7. The minimum absolute atomic E-state index is 0.0835. The van der Waals surface area contributed by atoms with Gasteiger partial charge in [-0.1, -0.05) is 42.5 Å². The maximum Gasteiger partial charge on any atom is 0.291 e. The second kappa shape index (κ2) is 10.3. The van der Waals surface area contributed by atoms with Gasteiger partial charge in [0.1, 0.15) is 30.8 Å². The number of carbonyl (C=O) groups excluding carboxylic acids is 1. The molecule has 162 valence electrons. The summed E-state index contributed by atoms with van der Waals surface area (Å²) in [6.45, 7) is 0.197. The Morgan fingerprint density at radius 3 is 1.97 bits per heavy atom. The second-order valence-electron chi connectivity index (χ2n) is 7.12. The van der Waals surface area contributed by atoms with Gasteiger partial charge in [-0.15, -0.1) is 0 Å². The third-order valence-corrected chi connectivity index (χ3v) is 4.70. The molecule has 32 heavy (non-hydrogen) atoms. The van der Waals surface area contributed by atoms with E-state index in [0.717, 1.165) is 11.1 Å². The zero-order valence-electron chi connectivity index (χ0n) is 17.3. The number of hydrogen-bond acceptors (Lipinski definition) is 5. The number of anilines is 1. The molecule has 1 unspecified atom stereocenters. The monoisotopic (exact) mass is 429 g/mol. The largest absolute Gasteiger partial charge is 0.491 e. The lowest BCUT2D eigenvalue weighted by molar-refractivity contribution is 0.0626. The molecule has 6 nitrogen and oxygen atoms in total. The Morgan fingerprint density at radius 2 is 1.38 bits per heavy atom. The van der Waals surface area contributed by atoms with Gasteiger partial charge in [-0.2, -0.15) is 0 Å². The summed E-state index contributed by atoms with van der Waals surface area (Å²) in [7, 11) is 0. The third-order valence-electron chi connectivity index (χ3n) is 4.70. The van der Waals surface area contributed by atoms with Gasteiger partial charge < -0.3 is 24.3 Å². The predicted molar refractivity (Wildman–Crippen MR) is 122 cm³/mol. The van der Waals surface area contributed by atoms with Crippen LogP contribution in [0.3, 0.4) is 0 Å². The van der Waals surface area contributed by atoms with Gasteiger partial charge in [0.25, 0.3) is 5.91 Å². The van der Waals surface area contributed by atoms with E-state index >= 15 is 0 Å². The summed E-state index contributed by atoms with van der Waals surface area (Å²) in [4.78, 5) is 12.0. The number of carbonyl (C=O) groups is 1. The van der Waals surface area contributed by atoms with Crippen LogP contribution >= 0.6 is 0 Å². The Hall–Kier alpha value is -4.03. The number of rotatable bonds is 9.